The van der Waals surface area contributed by atoms with Crippen molar-refractivity contribution < 1.29 is 14.0 Å². The first-order valence-corrected chi connectivity index (χ1v) is 8.57. The quantitative estimate of drug-likeness (QED) is 0.583. The molecule has 0 aliphatic carbocycles. The molecule has 3 rings (SSSR count). The fourth-order valence-electron chi connectivity index (χ4n) is 2.99. The van der Waals surface area contributed by atoms with Crippen LogP contribution in [0.5, 0.6) is 0 Å². The van der Waals surface area contributed by atoms with Crippen molar-refractivity contribution in [3.05, 3.63) is 77.8 Å². The van der Waals surface area contributed by atoms with Crippen molar-refractivity contribution in [3.63, 3.8) is 0 Å². The fourth-order valence-corrected chi connectivity index (χ4v) is 2.99. The van der Waals surface area contributed by atoms with Crippen molar-refractivity contribution in [2.75, 3.05) is 11.9 Å². The van der Waals surface area contributed by atoms with Gasteiger partial charge in [-0.15, -0.1) is 0 Å². The Morgan fingerprint density at radius 3 is 2.63 bits per heavy atom. The minimum atomic E-state index is -0.308. The smallest absolute Gasteiger partial charge is 0.251 e. The molecule has 0 fully saturated rings. The van der Waals surface area contributed by atoms with E-state index >= 15 is 0 Å². The summed E-state index contributed by atoms with van der Waals surface area (Å²) in [5.41, 5.74) is 3.47. The van der Waals surface area contributed by atoms with E-state index in [0.717, 1.165) is 16.6 Å². The van der Waals surface area contributed by atoms with E-state index in [1.54, 1.807) is 30.3 Å². The van der Waals surface area contributed by atoms with Gasteiger partial charge in [0.25, 0.3) is 5.91 Å². The molecule has 0 saturated heterocycles. The largest absolute Gasteiger partial charge is 0.356 e. The first-order valence-electron chi connectivity index (χ1n) is 8.57. The molecule has 0 saturated carbocycles. The molecule has 0 bridgehead atoms. The molecule has 2 aromatic carbocycles. The van der Waals surface area contributed by atoms with E-state index in [1.165, 1.54) is 12.1 Å². The molecule has 3 aromatic rings. The van der Waals surface area contributed by atoms with Crippen molar-refractivity contribution in [1.82, 2.24) is 10.3 Å². The van der Waals surface area contributed by atoms with Crippen LogP contribution in [0.15, 0.2) is 55.1 Å². The van der Waals surface area contributed by atoms with Crippen LogP contribution >= 0.6 is 0 Å². The molecule has 0 aliphatic heterocycles. The van der Waals surface area contributed by atoms with E-state index in [4.69, 9.17) is 0 Å². The Morgan fingerprint density at radius 1 is 1.19 bits per heavy atom. The van der Waals surface area contributed by atoms with Gasteiger partial charge in [0.2, 0.25) is 5.91 Å². The zero-order valence-corrected chi connectivity index (χ0v) is 14.9. The molecule has 5 nitrogen and oxygen atoms in total. The Bertz CT molecular complexity index is 1010. The van der Waals surface area contributed by atoms with Crippen LogP contribution in [0.1, 0.15) is 21.6 Å². The van der Waals surface area contributed by atoms with Crippen LogP contribution < -0.4 is 10.6 Å². The minimum absolute atomic E-state index is 0.208. The second-order valence-electron chi connectivity index (χ2n) is 6.17. The fraction of sp³-hybridized carbons (Fsp3) is 0.143. The Labute approximate surface area is 156 Å². The van der Waals surface area contributed by atoms with Gasteiger partial charge in [-0.05, 0) is 55.3 Å². The van der Waals surface area contributed by atoms with E-state index < -0.39 is 0 Å². The highest BCUT2D eigenvalue weighted by atomic mass is 19.1. The number of aromatic amines is 1. The maximum atomic E-state index is 13.9. The molecule has 0 atom stereocenters. The molecule has 27 heavy (non-hydrogen) atoms. The van der Waals surface area contributed by atoms with Gasteiger partial charge in [0, 0.05) is 28.9 Å². The third-order valence-electron chi connectivity index (χ3n) is 4.36. The van der Waals surface area contributed by atoms with Crippen LogP contribution in [0.2, 0.25) is 0 Å². The van der Waals surface area contributed by atoms with Gasteiger partial charge in [-0.2, -0.15) is 0 Å². The van der Waals surface area contributed by atoms with Crippen molar-refractivity contribution >= 4 is 28.4 Å². The van der Waals surface area contributed by atoms with Gasteiger partial charge in [0.15, 0.2) is 0 Å². The van der Waals surface area contributed by atoms with Crippen LogP contribution in [-0.2, 0) is 11.2 Å². The standard InChI is InChI=1S/C21H20FN3O2/c1-3-19(26)25-15-9-7-14(8-10-15)21(27)23-12-11-16-13(2)24-20-17(16)5-4-6-18(20)22/h3-10,24H,1,11-12H2,2H3,(H,23,27)(H,25,26). The van der Waals surface area contributed by atoms with Gasteiger partial charge < -0.3 is 15.6 Å². The molecule has 0 unspecified atom stereocenters. The number of benzene rings is 2. The average Bonchev–Trinajstić information content (AvgIpc) is 2.99. The van der Waals surface area contributed by atoms with Crippen molar-refractivity contribution in [2.45, 2.75) is 13.3 Å². The van der Waals surface area contributed by atoms with Crippen molar-refractivity contribution in [3.8, 4) is 0 Å². The lowest BCUT2D eigenvalue weighted by Gasteiger charge is -2.07. The summed E-state index contributed by atoms with van der Waals surface area (Å²) in [6, 6.07) is 11.6. The third-order valence-corrected chi connectivity index (χ3v) is 4.36. The zero-order valence-electron chi connectivity index (χ0n) is 14.9. The monoisotopic (exact) mass is 365 g/mol. The Balaban J connectivity index is 1.62. The van der Waals surface area contributed by atoms with Crippen LogP contribution in [0, 0.1) is 12.7 Å². The highest BCUT2D eigenvalue weighted by molar-refractivity contribution is 5.99. The SMILES string of the molecule is C=CC(=O)Nc1ccc(C(=O)NCCc2c(C)[nH]c3c(F)cccc23)cc1. The highest BCUT2D eigenvalue weighted by Crippen LogP contribution is 2.24. The molecule has 1 aromatic heterocycles. The van der Waals surface area contributed by atoms with E-state index in [0.29, 0.717) is 29.7 Å². The lowest BCUT2D eigenvalue weighted by atomic mass is 10.1. The maximum Gasteiger partial charge on any atom is 0.251 e. The number of aromatic nitrogens is 1. The number of H-pyrrole nitrogens is 1. The molecule has 6 heteroatoms. The molecule has 138 valence electrons. The number of rotatable bonds is 6. The topological polar surface area (TPSA) is 74.0 Å². The van der Waals surface area contributed by atoms with Crippen LogP contribution in [0.25, 0.3) is 10.9 Å². The summed E-state index contributed by atoms with van der Waals surface area (Å²) in [6.07, 6.45) is 1.77. The van der Waals surface area contributed by atoms with Crippen molar-refractivity contribution in [1.29, 1.82) is 0 Å². The summed E-state index contributed by atoms with van der Waals surface area (Å²) < 4.78 is 13.9. The number of amides is 2. The summed E-state index contributed by atoms with van der Waals surface area (Å²) in [4.78, 5) is 26.6. The Hall–Kier alpha value is -3.41. The molecular weight excluding hydrogens is 345 g/mol. The van der Waals surface area contributed by atoms with Gasteiger partial charge in [0.1, 0.15) is 5.82 Å². The molecular formula is C21H20FN3O2. The lowest BCUT2D eigenvalue weighted by molar-refractivity contribution is -0.111. The van der Waals surface area contributed by atoms with E-state index in [2.05, 4.69) is 22.2 Å². The van der Waals surface area contributed by atoms with Crippen LogP contribution in [-0.4, -0.2) is 23.3 Å². The van der Waals surface area contributed by atoms with E-state index in [9.17, 15) is 14.0 Å². The lowest BCUT2D eigenvalue weighted by Crippen LogP contribution is -2.25. The Kier molecular flexibility index (Phi) is 5.35. The third kappa shape index (κ3) is 4.06. The number of para-hydroxylation sites is 1. The highest BCUT2D eigenvalue weighted by Gasteiger charge is 2.12. The van der Waals surface area contributed by atoms with Gasteiger partial charge in [-0.3, -0.25) is 9.59 Å². The number of carbonyl (C=O) groups excluding carboxylic acids is 2. The number of nitrogens with one attached hydrogen (secondary N) is 3. The number of aryl methyl sites for hydroxylation is 1. The minimum Gasteiger partial charge on any atom is -0.356 e. The first-order chi connectivity index (χ1) is 13.0. The molecule has 2 amide bonds. The van der Waals surface area contributed by atoms with Crippen LogP contribution in [0.4, 0.5) is 10.1 Å². The van der Waals surface area contributed by atoms with E-state index in [-0.39, 0.29) is 17.6 Å². The van der Waals surface area contributed by atoms with E-state index in [1.807, 2.05) is 13.0 Å². The number of anilines is 1. The predicted molar refractivity (Wildman–Crippen MR) is 104 cm³/mol. The number of carbonyl (C=O) groups is 2. The van der Waals surface area contributed by atoms with Gasteiger partial charge in [0.05, 0.1) is 5.52 Å². The first kappa shape index (κ1) is 18.4. The summed E-state index contributed by atoms with van der Waals surface area (Å²) in [5, 5.41) is 6.33. The number of hydrogen-bond donors (Lipinski definition) is 3. The number of hydrogen-bond acceptors (Lipinski definition) is 2. The molecule has 0 spiro atoms. The number of fused-ring (bicyclic) bond motifs is 1. The molecule has 0 radical (unpaired) electrons. The van der Waals surface area contributed by atoms with Gasteiger partial charge in [-0.25, -0.2) is 4.39 Å². The molecule has 0 aliphatic rings. The second-order valence-corrected chi connectivity index (χ2v) is 6.17. The predicted octanol–water partition coefficient (Wildman–Crippen LogP) is 3.71. The summed E-state index contributed by atoms with van der Waals surface area (Å²) in [7, 11) is 0. The number of halogens is 1. The zero-order chi connectivity index (χ0) is 19.4. The molecule has 1 heterocycles. The van der Waals surface area contributed by atoms with Gasteiger partial charge in [-0.1, -0.05) is 18.7 Å². The summed E-state index contributed by atoms with van der Waals surface area (Å²) >= 11 is 0. The maximum absolute atomic E-state index is 13.9. The average molecular weight is 365 g/mol. The molecule has 3 N–H and O–H groups in total. The second kappa shape index (κ2) is 7.86. The summed E-state index contributed by atoms with van der Waals surface area (Å²) in [5.74, 6) is -0.799. The van der Waals surface area contributed by atoms with Crippen molar-refractivity contribution in [2.24, 2.45) is 0 Å². The van der Waals surface area contributed by atoms with Crippen LogP contribution in [0.3, 0.4) is 0 Å². The Morgan fingerprint density at radius 2 is 1.93 bits per heavy atom. The van der Waals surface area contributed by atoms with Gasteiger partial charge >= 0.3 is 0 Å². The normalized spacial score (nSPS) is 10.6. The summed E-state index contributed by atoms with van der Waals surface area (Å²) in [6.45, 7) is 5.71.